The fourth-order valence-electron chi connectivity index (χ4n) is 2.32. The van der Waals surface area contributed by atoms with Crippen LogP contribution in [0.3, 0.4) is 0 Å². The lowest BCUT2D eigenvalue weighted by atomic mass is 10.0. The number of anilines is 1. The van der Waals surface area contributed by atoms with Crippen molar-refractivity contribution in [2.24, 2.45) is 5.41 Å². The van der Waals surface area contributed by atoms with Gasteiger partial charge in [-0.1, -0.05) is 29.3 Å². The number of carbonyl (C=O) groups excluding carboxylic acids is 2. The van der Waals surface area contributed by atoms with Crippen molar-refractivity contribution in [3.05, 3.63) is 28.2 Å². The zero-order valence-electron chi connectivity index (χ0n) is 12.1. The molecule has 4 nitrogen and oxygen atoms in total. The molecule has 1 aliphatic carbocycles. The third-order valence-electron chi connectivity index (χ3n) is 3.84. The molecule has 1 N–H and O–H groups in total. The van der Waals surface area contributed by atoms with Gasteiger partial charge in [-0.2, -0.15) is 0 Å². The number of nitrogens with zero attached hydrogens (tertiary/aromatic N) is 1. The molecule has 0 unspecified atom stereocenters. The predicted octanol–water partition coefficient (Wildman–Crippen LogP) is 3.58. The van der Waals surface area contributed by atoms with Gasteiger partial charge in [0.2, 0.25) is 11.8 Å². The Labute approximate surface area is 134 Å². The Bertz CT molecular complexity index is 567. The highest BCUT2D eigenvalue weighted by Gasteiger charge is 2.57. The maximum atomic E-state index is 12.5. The van der Waals surface area contributed by atoms with Crippen LogP contribution in [-0.2, 0) is 9.59 Å². The Kier molecular flexibility index (Phi) is 4.79. The second kappa shape index (κ2) is 6.24. The number of amides is 2. The van der Waals surface area contributed by atoms with Gasteiger partial charge in [0.25, 0.3) is 0 Å². The standard InChI is InChI=1S/C15H18Cl2N2O2/c1-3-19(4-2)14(21)15(8-9-15)13(20)18-11-7-5-6-10(16)12(11)17/h5-7H,3-4,8-9H2,1-2H3,(H,18,20). The van der Waals surface area contributed by atoms with Crippen molar-refractivity contribution in [1.29, 1.82) is 0 Å². The van der Waals surface area contributed by atoms with Crippen LogP contribution in [0.5, 0.6) is 0 Å². The van der Waals surface area contributed by atoms with Crippen molar-refractivity contribution in [3.63, 3.8) is 0 Å². The third-order valence-corrected chi connectivity index (χ3v) is 4.66. The van der Waals surface area contributed by atoms with Gasteiger partial charge in [0.1, 0.15) is 5.41 Å². The van der Waals surface area contributed by atoms with E-state index in [0.29, 0.717) is 41.7 Å². The predicted molar refractivity (Wildman–Crippen MR) is 84.7 cm³/mol. The molecular formula is C15H18Cl2N2O2. The fraction of sp³-hybridized carbons (Fsp3) is 0.467. The van der Waals surface area contributed by atoms with Crippen molar-refractivity contribution < 1.29 is 9.59 Å². The summed E-state index contributed by atoms with van der Waals surface area (Å²) < 4.78 is 0. The Morgan fingerprint density at radius 3 is 2.38 bits per heavy atom. The van der Waals surface area contributed by atoms with Gasteiger partial charge in [-0.05, 0) is 38.8 Å². The minimum absolute atomic E-state index is 0.108. The maximum absolute atomic E-state index is 12.5. The monoisotopic (exact) mass is 328 g/mol. The number of rotatable bonds is 5. The molecule has 1 aromatic rings. The molecule has 1 aromatic carbocycles. The molecule has 6 heteroatoms. The van der Waals surface area contributed by atoms with Crippen LogP contribution < -0.4 is 5.32 Å². The van der Waals surface area contributed by atoms with Gasteiger partial charge >= 0.3 is 0 Å². The SMILES string of the molecule is CCN(CC)C(=O)C1(C(=O)Nc2cccc(Cl)c2Cl)CC1. The lowest BCUT2D eigenvalue weighted by Gasteiger charge is -2.24. The van der Waals surface area contributed by atoms with Gasteiger partial charge < -0.3 is 10.2 Å². The summed E-state index contributed by atoms with van der Waals surface area (Å²) in [5.41, 5.74) is -0.495. The normalized spacial score (nSPS) is 15.4. The molecule has 1 saturated carbocycles. The quantitative estimate of drug-likeness (QED) is 0.840. The second-order valence-electron chi connectivity index (χ2n) is 5.12. The Morgan fingerprint density at radius 1 is 1.24 bits per heavy atom. The maximum Gasteiger partial charge on any atom is 0.240 e. The molecule has 0 atom stereocenters. The van der Waals surface area contributed by atoms with E-state index in [4.69, 9.17) is 23.2 Å². The van der Waals surface area contributed by atoms with Gasteiger partial charge in [-0.25, -0.2) is 0 Å². The van der Waals surface area contributed by atoms with Crippen LogP contribution in [0.1, 0.15) is 26.7 Å². The van der Waals surface area contributed by atoms with E-state index in [1.165, 1.54) is 0 Å². The van der Waals surface area contributed by atoms with E-state index in [1.54, 1.807) is 23.1 Å². The number of hydrogen-bond acceptors (Lipinski definition) is 2. The minimum Gasteiger partial charge on any atom is -0.342 e. The van der Waals surface area contributed by atoms with Crippen LogP contribution in [0.4, 0.5) is 5.69 Å². The summed E-state index contributed by atoms with van der Waals surface area (Å²) in [6, 6.07) is 5.02. The highest BCUT2D eigenvalue weighted by molar-refractivity contribution is 6.44. The third kappa shape index (κ3) is 3.01. The molecule has 21 heavy (non-hydrogen) atoms. The Morgan fingerprint density at radius 2 is 1.86 bits per heavy atom. The number of carbonyl (C=O) groups is 2. The first-order chi connectivity index (χ1) is 9.96. The van der Waals surface area contributed by atoms with E-state index in [9.17, 15) is 9.59 Å². The largest absolute Gasteiger partial charge is 0.342 e. The number of nitrogens with one attached hydrogen (secondary N) is 1. The van der Waals surface area contributed by atoms with E-state index in [-0.39, 0.29) is 11.8 Å². The molecule has 114 valence electrons. The van der Waals surface area contributed by atoms with Gasteiger partial charge in [-0.3, -0.25) is 9.59 Å². The van der Waals surface area contributed by atoms with Crippen LogP contribution in [0, 0.1) is 5.41 Å². The summed E-state index contributed by atoms with van der Waals surface area (Å²) in [6.07, 6.45) is 1.15. The average Bonchev–Trinajstić information content (AvgIpc) is 3.26. The second-order valence-corrected chi connectivity index (χ2v) is 5.90. The number of benzene rings is 1. The van der Waals surface area contributed by atoms with Crippen molar-refractivity contribution >= 4 is 40.7 Å². The van der Waals surface area contributed by atoms with Crippen molar-refractivity contribution in [2.45, 2.75) is 26.7 Å². The van der Waals surface area contributed by atoms with E-state index in [2.05, 4.69) is 5.32 Å². The first kappa shape index (κ1) is 16.1. The summed E-state index contributed by atoms with van der Waals surface area (Å²) >= 11 is 12.0. The first-order valence-corrected chi connectivity index (χ1v) is 7.76. The summed E-state index contributed by atoms with van der Waals surface area (Å²) in [6.45, 7) is 5.01. The summed E-state index contributed by atoms with van der Waals surface area (Å²) in [5.74, 6) is -0.410. The highest BCUT2D eigenvalue weighted by atomic mass is 35.5. The van der Waals surface area contributed by atoms with Gasteiger partial charge in [0, 0.05) is 13.1 Å². The molecule has 0 spiro atoms. The summed E-state index contributed by atoms with van der Waals surface area (Å²) in [4.78, 5) is 26.6. The van der Waals surface area contributed by atoms with Crippen molar-refractivity contribution in [3.8, 4) is 0 Å². The molecule has 0 radical (unpaired) electrons. The van der Waals surface area contributed by atoms with E-state index >= 15 is 0 Å². The van der Waals surface area contributed by atoms with E-state index < -0.39 is 5.41 Å². The lowest BCUT2D eigenvalue weighted by molar-refractivity contribution is -0.141. The van der Waals surface area contributed by atoms with Crippen molar-refractivity contribution in [1.82, 2.24) is 4.90 Å². The molecule has 1 aliphatic rings. The molecule has 0 heterocycles. The lowest BCUT2D eigenvalue weighted by Crippen LogP contribution is -2.42. The smallest absolute Gasteiger partial charge is 0.240 e. The van der Waals surface area contributed by atoms with Crippen LogP contribution in [0.15, 0.2) is 18.2 Å². The average molecular weight is 329 g/mol. The summed E-state index contributed by atoms with van der Waals surface area (Å²) in [5, 5.41) is 3.40. The molecule has 2 rings (SSSR count). The van der Waals surface area contributed by atoms with Gasteiger partial charge in [-0.15, -0.1) is 0 Å². The number of hydrogen-bond donors (Lipinski definition) is 1. The first-order valence-electron chi connectivity index (χ1n) is 7.01. The van der Waals surface area contributed by atoms with Gasteiger partial charge in [0.05, 0.1) is 15.7 Å². The van der Waals surface area contributed by atoms with Crippen LogP contribution >= 0.6 is 23.2 Å². The summed E-state index contributed by atoms with van der Waals surface area (Å²) in [7, 11) is 0. The highest BCUT2D eigenvalue weighted by Crippen LogP contribution is 2.48. The Hall–Kier alpha value is -1.26. The van der Waals surface area contributed by atoms with Crippen LogP contribution in [0.25, 0.3) is 0 Å². The molecule has 0 aromatic heterocycles. The van der Waals surface area contributed by atoms with Crippen LogP contribution in [-0.4, -0.2) is 29.8 Å². The van der Waals surface area contributed by atoms with E-state index in [0.717, 1.165) is 0 Å². The molecule has 2 amide bonds. The molecule has 0 aliphatic heterocycles. The van der Waals surface area contributed by atoms with E-state index in [1.807, 2.05) is 13.8 Å². The molecule has 1 fully saturated rings. The van der Waals surface area contributed by atoms with Crippen LogP contribution in [0.2, 0.25) is 10.0 Å². The zero-order chi connectivity index (χ0) is 15.6. The Balaban J connectivity index is 2.17. The topological polar surface area (TPSA) is 49.4 Å². The molecule has 0 bridgehead atoms. The van der Waals surface area contributed by atoms with Gasteiger partial charge in [0.15, 0.2) is 0 Å². The number of halogens is 2. The van der Waals surface area contributed by atoms with Crippen molar-refractivity contribution in [2.75, 3.05) is 18.4 Å². The molecular weight excluding hydrogens is 311 g/mol. The molecule has 0 saturated heterocycles. The minimum atomic E-state index is -0.933. The zero-order valence-corrected chi connectivity index (χ0v) is 13.6. The fourth-order valence-corrected chi connectivity index (χ4v) is 2.67.